The quantitative estimate of drug-likeness (QED) is 0.0693. The van der Waals surface area contributed by atoms with Crippen LogP contribution in [0.25, 0.3) is 10.4 Å². The van der Waals surface area contributed by atoms with E-state index >= 15 is 0 Å². The van der Waals surface area contributed by atoms with Gasteiger partial charge in [0.1, 0.15) is 12.1 Å². The minimum absolute atomic E-state index is 0.0278. The number of carbonyl (C=O) groups is 3. The first-order valence-electron chi connectivity index (χ1n) is 17.8. The van der Waals surface area contributed by atoms with Crippen molar-refractivity contribution in [3.05, 3.63) is 75.4 Å². The first-order chi connectivity index (χ1) is 24.2. The Bertz CT molecular complexity index is 1620. The van der Waals surface area contributed by atoms with Gasteiger partial charge in [-0.15, -0.1) is 11.3 Å². The Morgan fingerprint density at radius 1 is 1.00 bits per heavy atom. The van der Waals surface area contributed by atoms with Gasteiger partial charge in [-0.2, -0.15) is 0 Å². The van der Waals surface area contributed by atoms with Crippen molar-refractivity contribution in [3.8, 4) is 10.4 Å². The van der Waals surface area contributed by atoms with Gasteiger partial charge >= 0.3 is 0 Å². The number of unbranched alkanes of at least 4 members (excludes halogenated alkanes) is 5. The molecular formula is C38H52N6O6S. The Balaban J connectivity index is 1.21. The lowest BCUT2D eigenvalue weighted by atomic mass is 9.85. The molecule has 4 N–H and O–H groups in total. The zero-order chi connectivity index (χ0) is 37.1. The number of benzene rings is 2. The SMILES string of the molecule is Cc1ncsc1-c1ccc(C(C)NC(=O)[C@@H]2C[C@@H](O)CN2C(=O)C(NC(=O)CCCCCCCCNc2ccc([N+](=O)[O-])cc2)C(C)(C)C)cc1. The molecule has 1 aliphatic rings. The average Bonchev–Trinajstić information content (AvgIpc) is 3.71. The fourth-order valence-corrected chi connectivity index (χ4v) is 7.11. The molecule has 2 heterocycles. The van der Waals surface area contributed by atoms with E-state index in [2.05, 4.69) is 20.9 Å². The molecule has 4 atom stereocenters. The maximum absolute atomic E-state index is 13.9. The molecule has 0 aliphatic carbocycles. The van der Waals surface area contributed by atoms with Gasteiger partial charge in [0.05, 0.1) is 33.2 Å². The summed E-state index contributed by atoms with van der Waals surface area (Å²) in [7, 11) is 0. The maximum atomic E-state index is 13.9. The summed E-state index contributed by atoms with van der Waals surface area (Å²) in [5, 5.41) is 30.6. The zero-order valence-electron chi connectivity index (χ0n) is 30.3. The van der Waals surface area contributed by atoms with Crippen LogP contribution in [0.2, 0.25) is 0 Å². The number of hydrogen-bond acceptors (Lipinski definition) is 9. The molecule has 1 fully saturated rings. The molecule has 2 unspecified atom stereocenters. The van der Waals surface area contributed by atoms with E-state index < -0.39 is 28.5 Å². The van der Waals surface area contributed by atoms with Crippen LogP contribution in [0.5, 0.6) is 0 Å². The van der Waals surface area contributed by atoms with Crippen LogP contribution in [-0.2, 0) is 14.4 Å². The van der Waals surface area contributed by atoms with Crippen molar-refractivity contribution in [2.45, 2.75) is 110 Å². The summed E-state index contributed by atoms with van der Waals surface area (Å²) in [6.07, 6.45) is 5.21. The molecule has 3 aromatic rings. The number of aromatic nitrogens is 1. The molecule has 0 radical (unpaired) electrons. The van der Waals surface area contributed by atoms with Crippen molar-refractivity contribution in [1.29, 1.82) is 0 Å². The molecule has 2 aromatic carbocycles. The van der Waals surface area contributed by atoms with Gasteiger partial charge in [0, 0.05) is 43.8 Å². The highest BCUT2D eigenvalue weighted by atomic mass is 32.1. The second-order valence-corrected chi connectivity index (χ2v) is 15.3. The van der Waals surface area contributed by atoms with Gasteiger partial charge < -0.3 is 26.0 Å². The van der Waals surface area contributed by atoms with E-state index in [0.29, 0.717) is 12.8 Å². The number of carbonyl (C=O) groups excluding carboxylic acids is 3. The number of nitro groups is 1. The zero-order valence-corrected chi connectivity index (χ0v) is 31.1. The molecule has 0 bridgehead atoms. The highest BCUT2D eigenvalue weighted by Gasteiger charge is 2.44. The van der Waals surface area contributed by atoms with Crippen molar-refractivity contribution in [3.63, 3.8) is 0 Å². The Morgan fingerprint density at radius 2 is 1.65 bits per heavy atom. The first-order valence-corrected chi connectivity index (χ1v) is 18.7. The molecule has 12 nitrogen and oxygen atoms in total. The number of aryl methyl sites for hydroxylation is 1. The number of nitrogens with zero attached hydrogens (tertiary/aromatic N) is 3. The molecule has 0 saturated carbocycles. The molecule has 1 aliphatic heterocycles. The summed E-state index contributed by atoms with van der Waals surface area (Å²) in [5.74, 6) is -0.912. The van der Waals surface area contributed by atoms with E-state index in [1.165, 1.54) is 17.0 Å². The Morgan fingerprint density at radius 3 is 2.25 bits per heavy atom. The van der Waals surface area contributed by atoms with Crippen LogP contribution in [0.4, 0.5) is 11.4 Å². The number of anilines is 1. The van der Waals surface area contributed by atoms with Crippen LogP contribution in [0, 0.1) is 22.5 Å². The number of likely N-dealkylation sites (tertiary alicyclic amines) is 1. The number of β-amino-alcohol motifs (C(OH)–C–C–N with tert-alkyl or cyclic N) is 1. The second kappa shape index (κ2) is 18.2. The van der Waals surface area contributed by atoms with Crippen LogP contribution in [0.15, 0.2) is 54.0 Å². The summed E-state index contributed by atoms with van der Waals surface area (Å²) < 4.78 is 0. The van der Waals surface area contributed by atoms with Crippen molar-refractivity contribution < 1.29 is 24.4 Å². The minimum atomic E-state index is -0.853. The number of aliphatic hydroxyl groups is 1. The number of non-ortho nitro benzene ring substituents is 1. The molecule has 276 valence electrons. The number of nitrogens with one attached hydrogen (secondary N) is 3. The Hall–Kier alpha value is -4.36. The lowest BCUT2D eigenvalue weighted by Crippen LogP contribution is -2.57. The molecular weight excluding hydrogens is 669 g/mol. The van der Waals surface area contributed by atoms with Gasteiger partial charge in [-0.25, -0.2) is 4.98 Å². The van der Waals surface area contributed by atoms with Crippen molar-refractivity contribution in [2.75, 3.05) is 18.4 Å². The van der Waals surface area contributed by atoms with Crippen LogP contribution >= 0.6 is 11.3 Å². The van der Waals surface area contributed by atoms with Gasteiger partial charge in [0.25, 0.3) is 5.69 Å². The summed E-state index contributed by atoms with van der Waals surface area (Å²) in [4.78, 5) is 57.7. The monoisotopic (exact) mass is 720 g/mol. The fraction of sp³-hybridized carbons (Fsp3) is 0.526. The molecule has 0 spiro atoms. The van der Waals surface area contributed by atoms with E-state index in [1.54, 1.807) is 23.5 Å². The smallest absolute Gasteiger partial charge is 0.269 e. The molecule has 1 saturated heterocycles. The van der Waals surface area contributed by atoms with E-state index in [1.807, 2.05) is 64.4 Å². The van der Waals surface area contributed by atoms with Gasteiger partial charge in [0.2, 0.25) is 17.7 Å². The number of nitro benzene ring substituents is 1. The third kappa shape index (κ3) is 11.3. The molecule has 1 aromatic heterocycles. The Kier molecular flexibility index (Phi) is 14.1. The average molecular weight is 721 g/mol. The number of hydrogen-bond donors (Lipinski definition) is 4. The first kappa shape index (κ1) is 39.4. The predicted molar refractivity (Wildman–Crippen MR) is 200 cm³/mol. The van der Waals surface area contributed by atoms with Gasteiger partial charge in [-0.3, -0.25) is 24.5 Å². The number of rotatable bonds is 17. The van der Waals surface area contributed by atoms with Crippen molar-refractivity contribution >= 4 is 40.4 Å². The van der Waals surface area contributed by atoms with E-state index in [4.69, 9.17) is 0 Å². The molecule has 4 rings (SSSR count). The topological polar surface area (TPSA) is 167 Å². The van der Waals surface area contributed by atoms with E-state index in [9.17, 15) is 29.6 Å². The largest absolute Gasteiger partial charge is 0.391 e. The van der Waals surface area contributed by atoms with E-state index in [0.717, 1.165) is 66.0 Å². The summed E-state index contributed by atoms with van der Waals surface area (Å²) in [6.45, 7) is 10.3. The highest BCUT2D eigenvalue weighted by molar-refractivity contribution is 7.13. The highest BCUT2D eigenvalue weighted by Crippen LogP contribution is 2.30. The number of thiazole rings is 1. The van der Waals surface area contributed by atoms with Crippen LogP contribution in [-0.4, -0.2) is 68.9 Å². The van der Waals surface area contributed by atoms with Crippen molar-refractivity contribution in [2.24, 2.45) is 5.41 Å². The normalized spacial score (nSPS) is 17.1. The Labute approximate surface area is 304 Å². The standard InChI is InChI=1S/C38H52N6O6S/c1-25(27-13-15-28(16-14-27)34-26(2)40-24-51-34)41-36(47)32-22-31(45)23-43(32)37(48)35(38(3,4)5)42-33(46)12-10-8-6-7-9-11-21-39-29-17-19-30(20-18-29)44(49)50/h13-20,24-25,31-32,35,39,45H,6-12,21-23H2,1-5H3,(H,41,47)(H,42,46)/t25?,31-,32+,35?/m1/s1. The second-order valence-electron chi connectivity index (χ2n) is 14.5. The van der Waals surface area contributed by atoms with E-state index in [-0.39, 0.29) is 42.4 Å². The maximum Gasteiger partial charge on any atom is 0.269 e. The molecule has 13 heteroatoms. The van der Waals surface area contributed by atoms with Gasteiger partial charge in [-0.05, 0) is 55.4 Å². The third-order valence-corrected chi connectivity index (χ3v) is 10.3. The summed E-state index contributed by atoms with van der Waals surface area (Å²) in [5.41, 5.74) is 5.08. The van der Waals surface area contributed by atoms with Crippen molar-refractivity contribution in [1.82, 2.24) is 20.5 Å². The van der Waals surface area contributed by atoms with Gasteiger partial charge in [0.15, 0.2) is 0 Å². The van der Waals surface area contributed by atoms with Crippen LogP contribution < -0.4 is 16.0 Å². The van der Waals surface area contributed by atoms with Gasteiger partial charge in [-0.1, -0.05) is 70.7 Å². The lowest BCUT2D eigenvalue weighted by Gasteiger charge is -2.35. The lowest BCUT2D eigenvalue weighted by molar-refractivity contribution is -0.384. The number of amides is 3. The van der Waals surface area contributed by atoms with Crippen LogP contribution in [0.1, 0.15) is 96.4 Å². The molecule has 3 amide bonds. The molecule has 51 heavy (non-hydrogen) atoms. The minimum Gasteiger partial charge on any atom is -0.391 e. The summed E-state index contributed by atoms with van der Waals surface area (Å²) >= 11 is 1.58. The fourth-order valence-electron chi connectivity index (χ4n) is 6.30. The number of aliphatic hydroxyl groups excluding tert-OH is 1. The third-order valence-electron chi connectivity index (χ3n) is 9.30. The summed E-state index contributed by atoms with van der Waals surface area (Å²) in [6, 6.07) is 12.3. The predicted octanol–water partition coefficient (Wildman–Crippen LogP) is 6.54. The van der Waals surface area contributed by atoms with Crippen LogP contribution in [0.3, 0.4) is 0 Å².